The number of sulfonamides is 2. The first-order chi connectivity index (χ1) is 16.5. The van der Waals surface area contributed by atoms with E-state index in [0.717, 1.165) is 4.31 Å². The molecule has 0 aromatic heterocycles. The van der Waals surface area contributed by atoms with Crippen molar-refractivity contribution < 1.29 is 26.4 Å². The maximum absolute atomic E-state index is 12.8. The first-order valence-electron chi connectivity index (χ1n) is 11.1. The van der Waals surface area contributed by atoms with E-state index in [1.165, 1.54) is 30.5 Å². The minimum atomic E-state index is -3.56. The summed E-state index contributed by atoms with van der Waals surface area (Å²) < 4.78 is 58.0. The van der Waals surface area contributed by atoms with Crippen molar-refractivity contribution in [2.75, 3.05) is 40.3 Å². The lowest BCUT2D eigenvalue weighted by atomic mass is 9.99. The standard InChI is InChI=1S/C23H30ClN3O6S2/c1-26(2)35(31,32)22-11-9-21(10-12-22)33-15-13-25-23(28)19-4-3-14-27(16-19)34(29,30)17-18-5-7-20(24)8-6-18/h5-12,19H,3-4,13-17H2,1-2H3,(H,25,28). The number of benzene rings is 2. The Morgan fingerprint density at radius 3 is 2.37 bits per heavy atom. The first kappa shape index (κ1) is 27.4. The molecule has 1 amide bonds. The molecule has 1 heterocycles. The number of halogens is 1. The molecule has 0 saturated carbocycles. The van der Waals surface area contributed by atoms with Gasteiger partial charge in [-0.3, -0.25) is 4.79 Å². The second-order valence-corrected chi connectivity index (χ2v) is 13.0. The molecule has 1 N–H and O–H groups in total. The smallest absolute Gasteiger partial charge is 0.242 e. The lowest BCUT2D eigenvalue weighted by molar-refractivity contribution is -0.126. The fourth-order valence-corrected chi connectivity index (χ4v) is 6.34. The lowest BCUT2D eigenvalue weighted by Crippen LogP contribution is -2.46. The summed E-state index contributed by atoms with van der Waals surface area (Å²) in [6, 6.07) is 12.7. The highest BCUT2D eigenvalue weighted by Gasteiger charge is 2.32. The number of rotatable bonds is 10. The normalized spacial score (nSPS) is 17.3. The molecule has 9 nitrogen and oxygen atoms in total. The third-order valence-corrected chi connectivity index (χ3v) is 9.58. The van der Waals surface area contributed by atoms with Gasteiger partial charge in [0, 0.05) is 32.2 Å². The van der Waals surface area contributed by atoms with Crippen molar-refractivity contribution in [2.45, 2.75) is 23.5 Å². The van der Waals surface area contributed by atoms with Gasteiger partial charge in [-0.15, -0.1) is 0 Å². The molecule has 0 aliphatic carbocycles. The van der Waals surface area contributed by atoms with Gasteiger partial charge in [0.1, 0.15) is 12.4 Å². The van der Waals surface area contributed by atoms with Crippen molar-refractivity contribution in [2.24, 2.45) is 5.92 Å². The monoisotopic (exact) mass is 543 g/mol. The highest BCUT2D eigenvalue weighted by Crippen LogP contribution is 2.22. The van der Waals surface area contributed by atoms with E-state index in [1.807, 2.05) is 0 Å². The van der Waals surface area contributed by atoms with Crippen molar-refractivity contribution in [3.63, 3.8) is 0 Å². The fraction of sp³-hybridized carbons (Fsp3) is 0.435. The maximum Gasteiger partial charge on any atom is 0.242 e. The Morgan fingerprint density at radius 1 is 1.09 bits per heavy atom. The molecule has 192 valence electrons. The van der Waals surface area contributed by atoms with Crippen LogP contribution in [0, 0.1) is 5.92 Å². The molecule has 2 aromatic rings. The van der Waals surface area contributed by atoms with Crippen LogP contribution in [0.15, 0.2) is 53.4 Å². The molecule has 1 atom stereocenters. The van der Waals surface area contributed by atoms with E-state index in [9.17, 15) is 21.6 Å². The molecule has 0 bridgehead atoms. The summed E-state index contributed by atoms with van der Waals surface area (Å²) in [5, 5.41) is 3.34. The second kappa shape index (κ2) is 11.7. The van der Waals surface area contributed by atoms with Crippen LogP contribution < -0.4 is 10.1 Å². The Balaban J connectivity index is 1.46. The molecule has 12 heteroatoms. The minimum absolute atomic E-state index is 0.138. The average molecular weight is 544 g/mol. The molecule has 1 aliphatic rings. The van der Waals surface area contributed by atoms with Gasteiger partial charge >= 0.3 is 0 Å². The third kappa shape index (κ3) is 7.40. The Labute approximate surface area is 212 Å². The van der Waals surface area contributed by atoms with Gasteiger partial charge < -0.3 is 10.1 Å². The highest BCUT2D eigenvalue weighted by atomic mass is 35.5. The van der Waals surface area contributed by atoms with Crippen LogP contribution in [0.5, 0.6) is 5.75 Å². The summed E-state index contributed by atoms with van der Waals surface area (Å²) in [6.45, 7) is 0.966. The van der Waals surface area contributed by atoms with Crippen LogP contribution in [0.3, 0.4) is 0 Å². The van der Waals surface area contributed by atoms with Crippen LogP contribution in [0.2, 0.25) is 5.02 Å². The van der Waals surface area contributed by atoms with Gasteiger partial charge in [-0.1, -0.05) is 23.7 Å². The molecule has 1 fully saturated rings. The Bertz CT molecular complexity index is 1220. The first-order valence-corrected chi connectivity index (χ1v) is 14.6. The summed E-state index contributed by atoms with van der Waals surface area (Å²) in [5.41, 5.74) is 0.644. The van der Waals surface area contributed by atoms with Crippen LogP contribution in [0.4, 0.5) is 0 Å². The van der Waals surface area contributed by atoms with E-state index < -0.39 is 26.0 Å². The molecule has 0 radical (unpaired) electrons. The van der Waals surface area contributed by atoms with Crippen molar-refractivity contribution in [1.82, 2.24) is 13.9 Å². The van der Waals surface area contributed by atoms with E-state index in [1.54, 1.807) is 36.4 Å². The molecule has 0 spiro atoms. The maximum atomic E-state index is 12.8. The SMILES string of the molecule is CN(C)S(=O)(=O)c1ccc(OCCNC(=O)C2CCCN(S(=O)(=O)Cc3ccc(Cl)cc3)C2)cc1. The van der Waals surface area contributed by atoms with Gasteiger partial charge in [0.2, 0.25) is 26.0 Å². The zero-order valence-corrected chi connectivity index (χ0v) is 22.1. The lowest BCUT2D eigenvalue weighted by Gasteiger charge is -2.31. The zero-order chi connectivity index (χ0) is 25.6. The van der Waals surface area contributed by atoms with E-state index in [-0.39, 0.29) is 36.3 Å². The second-order valence-electron chi connectivity index (χ2n) is 8.48. The highest BCUT2D eigenvalue weighted by molar-refractivity contribution is 7.89. The van der Waals surface area contributed by atoms with Gasteiger partial charge in [0.15, 0.2) is 0 Å². The van der Waals surface area contributed by atoms with Crippen LogP contribution in [-0.2, 0) is 30.6 Å². The molecule has 2 aromatic carbocycles. The van der Waals surface area contributed by atoms with Crippen molar-refractivity contribution in [1.29, 1.82) is 0 Å². The topological polar surface area (TPSA) is 113 Å². The summed E-state index contributed by atoms with van der Waals surface area (Å²) in [6.07, 6.45) is 1.22. The summed E-state index contributed by atoms with van der Waals surface area (Å²) in [5.74, 6) is -0.304. The van der Waals surface area contributed by atoms with Gasteiger partial charge in [-0.2, -0.15) is 0 Å². The van der Waals surface area contributed by atoms with E-state index in [4.69, 9.17) is 16.3 Å². The van der Waals surface area contributed by atoms with E-state index >= 15 is 0 Å². The van der Waals surface area contributed by atoms with Gasteiger partial charge in [-0.05, 0) is 54.8 Å². The van der Waals surface area contributed by atoms with Crippen LogP contribution >= 0.6 is 11.6 Å². The molecular formula is C23H30ClN3O6S2. The number of carbonyl (C=O) groups is 1. The predicted molar refractivity (Wildman–Crippen MR) is 134 cm³/mol. The third-order valence-electron chi connectivity index (χ3n) is 5.68. The Morgan fingerprint density at radius 2 is 1.74 bits per heavy atom. The van der Waals surface area contributed by atoms with Gasteiger partial charge in [-0.25, -0.2) is 25.4 Å². The molecule has 35 heavy (non-hydrogen) atoms. The summed E-state index contributed by atoms with van der Waals surface area (Å²) >= 11 is 5.87. The number of nitrogens with one attached hydrogen (secondary N) is 1. The zero-order valence-electron chi connectivity index (χ0n) is 19.7. The Hall–Kier alpha value is -2.18. The van der Waals surface area contributed by atoms with E-state index in [2.05, 4.69) is 5.32 Å². The van der Waals surface area contributed by atoms with Gasteiger partial charge in [0.05, 0.1) is 23.1 Å². The molecular weight excluding hydrogens is 514 g/mol. The number of hydrogen-bond donors (Lipinski definition) is 1. The average Bonchev–Trinajstić information content (AvgIpc) is 2.83. The number of amides is 1. The molecule has 1 saturated heterocycles. The van der Waals surface area contributed by atoms with Crippen molar-refractivity contribution in [3.05, 3.63) is 59.1 Å². The van der Waals surface area contributed by atoms with Crippen molar-refractivity contribution in [3.8, 4) is 5.75 Å². The predicted octanol–water partition coefficient (Wildman–Crippen LogP) is 2.33. The summed E-state index contributed by atoms with van der Waals surface area (Å²) in [4.78, 5) is 12.8. The van der Waals surface area contributed by atoms with Crippen molar-refractivity contribution >= 4 is 37.6 Å². The number of nitrogens with zero attached hydrogens (tertiary/aromatic N) is 2. The van der Waals surface area contributed by atoms with Gasteiger partial charge in [0.25, 0.3) is 0 Å². The molecule has 3 rings (SSSR count). The minimum Gasteiger partial charge on any atom is -0.492 e. The van der Waals surface area contributed by atoms with Crippen LogP contribution in [0.25, 0.3) is 0 Å². The number of carbonyl (C=O) groups excluding carboxylic acids is 1. The number of piperidine rings is 1. The number of hydrogen-bond acceptors (Lipinski definition) is 6. The largest absolute Gasteiger partial charge is 0.492 e. The fourth-order valence-electron chi connectivity index (χ4n) is 3.70. The molecule has 1 aliphatic heterocycles. The number of ether oxygens (including phenoxy) is 1. The quantitative estimate of drug-likeness (QED) is 0.460. The molecule has 1 unspecified atom stereocenters. The van der Waals surface area contributed by atoms with E-state index in [0.29, 0.717) is 35.7 Å². The Kier molecular flexibility index (Phi) is 9.16. The van der Waals surface area contributed by atoms with Crippen LogP contribution in [-0.4, -0.2) is 71.7 Å². The summed E-state index contributed by atoms with van der Waals surface area (Å²) in [7, 11) is -4.14. The van der Waals surface area contributed by atoms with Crippen LogP contribution in [0.1, 0.15) is 18.4 Å².